The Morgan fingerprint density at radius 1 is 0.750 bits per heavy atom. The van der Waals surface area contributed by atoms with Gasteiger partial charge < -0.3 is 9.47 Å². The summed E-state index contributed by atoms with van der Waals surface area (Å²) in [5, 5.41) is 0. The zero-order valence-corrected chi connectivity index (χ0v) is 18.2. The molecule has 24 heavy (non-hydrogen) atoms. The van der Waals surface area contributed by atoms with Gasteiger partial charge in [-0.3, -0.25) is 9.59 Å². The Kier molecular flexibility index (Phi) is 9.10. The van der Waals surface area contributed by atoms with Crippen molar-refractivity contribution in [3.05, 3.63) is 0 Å². The minimum Gasteiger partial charge on any atom is -0.465 e. The van der Waals surface area contributed by atoms with E-state index in [0.29, 0.717) is 0 Å². The van der Waals surface area contributed by atoms with Crippen molar-refractivity contribution in [3.63, 3.8) is 0 Å². The fraction of sp³-hybridized carbons (Fsp3) is 0.667. The van der Waals surface area contributed by atoms with Gasteiger partial charge in [-0.2, -0.15) is 0 Å². The molecule has 0 amide bonds. The highest BCUT2D eigenvalue weighted by molar-refractivity contribution is 6.84. The van der Waals surface area contributed by atoms with Crippen LogP contribution in [0, 0.1) is 34.8 Å². The molecule has 0 spiro atoms. The van der Waals surface area contributed by atoms with Crippen LogP contribution >= 0.6 is 0 Å². The topological polar surface area (TPSA) is 52.6 Å². The molecule has 0 aromatic rings. The normalized spacial score (nSPS) is 13.5. The first-order chi connectivity index (χ1) is 10.9. The van der Waals surface area contributed by atoms with Crippen LogP contribution in [0.2, 0.25) is 39.3 Å². The predicted octanol–water partition coefficient (Wildman–Crippen LogP) is 3.11. The average Bonchev–Trinajstić information content (AvgIpc) is 2.40. The molecule has 0 rings (SSSR count). The van der Waals surface area contributed by atoms with Crippen molar-refractivity contribution < 1.29 is 19.1 Å². The van der Waals surface area contributed by atoms with Crippen molar-refractivity contribution in [1.29, 1.82) is 0 Å². The van der Waals surface area contributed by atoms with E-state index in [1.807, 2.05) is 0 Å². The predicted molar refractivity (Wildman–Crippen MR) is 102 cm³/mol. The van der Waals surface area contributed by atoms with Crippen molar-refractivity contribution in [3.8, 4) is 22.9 Å². The van der Waals surface area contributed by atoms with Gasteiger partial charge in [-0.15, -0.1) is 11.1 Å². The molecule has 0 bridgehead atoms. The van der Waals surface area contributed by atoms with Gasteiger partial charge in [0.05, 0.1) is 13.2 Å². The molecule has 0 aliphatic heterocycles. The van der Waals surface area contributed by atoms with Crippen LogP contribution in [0.15, 0.2) is 0 Å². The number of esters is 2. The fourth-order valence-corrected chi connectivity index (χ4v) is 2.79. The van der Waals surface area contributed by atoms with Crippen molar-refractivity contribution in [2.75, 3.05) is 13.2 Å². The minimum atomic E-state index is -1.71. The van der Waals surface area contributed by atoms with Crippen LogP contribution in [-0.4, -0.2) is 41.3 Å². The summed E-state index contributed by atoms with van der Waals surface area (Å²) in [5.74, 6) is 3.12. The molecular weight excluding hydrogens is 336 g/mol. The smallest absolute Gasteiger partial charge is 0.322 e. The summed E-state index contributed by atoms with van der Waals surface area (Å²) in [7, 11) is -3.42. The van der Waals surface area contributed by atoms with E-state index >= 15 is 0 Å². The molecule has 2 atom stereocenters. The molecule has 0 aromatic heterocycles. The Labute approximate surface area is 148 Å². The fourth-order valence-electron chi connectivity index (χ4n) is 1.61. The van der Waals surface area contributed by atoms with Crippen molar-refractivity contribution >= 4 is 28.1 Å². The number of carbonyl (C=O) groups is 2. The first kappa shape index (κ1) is 22.5. The summed E-state index contributed by atoms with van der Waals surface area (Å²) in [6, 6.07) is 0. The van der Waals surface area contributed by atoms with Crippen LogP contribution in [0.4, 0.5) is 0 Å². The van der Waals surface area contributed by atoms with E-state index in [1.165, 1.54) is 0 Å². The molecule has 0 saturated heterocycles. The Hall–Kier alpha value is -1.51. The van der Waals surface area contributed by atoms with E-state index in [9.17, 15) is 9.59 Å². The van der Waals surface area contributed by atoms with Gasteiger partial charge in [0.1, 0.15) is 28.0 Å². The molecule has 6 heteroatoms. The maximum atomic E-state index is 12.4. The molecule has 0 fully saturated rings. The highest BCUT2D eigenvalue weighted by Crippen LogP contribution is 2.17. The van der Waals surface area contributed by atoms with Crippen LogP contribution in [0.25, 0.3) is 0 Å². The van der Waals surface area contributed by atoms with E-state index in [1.54, 1.807) is 13.8 Å². The number of hydrogen-bond donors (Lipinski definition) is 0. The molecule has 0 aliphatic carbocycles. The third kappa shape index (κ3) is 9.59. The molecule has 2 unspecified atom stereocenters. The van der Waals surface area contributed by atoms with E-state index in [4.69, 9.17) is 9.47 Å². The third-order valence-corrected chi connectivity index (χ3v) is 4.41. The van der Waals surface area contributed by atoms with Crippen molar-refractivity contribution in [2.45, 2.75) is 53.1 Å². The Balaban J connectivity index is 5.93. The summed E-state index contributed by atoms with van der Waals surface area (Å²) < 4.78 is 10.2. The van der Waals surface area contributed by atoms with Crippen molar-refractivity contribution in [1.82, 2.24) is 0 Å². The lowest BCUT2D eigenvalue weighted by molar-refractivity contribution is -0.155. The lowest BCUT2D eigenvalue weighted by Crippen LogP contribution is -2.32. The Morgan fingerprint density at radius 3 is 1.25 bits per heavy atom. The van der Waals surface area contributed by atoms with Crippen molar-refractivity contribution in [2.24, 2.45) is 11.8 Å². The standard InChI is InChI=1S/C18H30O4Si2/c1-9-21-17(19)15(11-13-23(3,4)5)16(18(20)22-10-2)12-14-24(6,7)8/h15-16H,9-10H2,1-8H3. The van der Waals surface area contributed by atoms with Gasteiger partial charge in [0, 0.05) is 0 Å². The van der Waals surface area contributed by atoms with E-state index < -0.39 is 39.9 Å². The number of rotatable bonds is 5. The zero-order chi connectivity index (χ0) is 19.0. The Morgan fingerprint density at radius 2 is 1.04 bits per heavy atom. The number of carbonyl (C=O) groups excluding carboxylic acids is 2. The van der Waals surface area contributed by atoms with E-state index in [-0.39, 0.29) is 13.2 Å². The average molecular weight is 367 g/mol. The minimum absolute atomic E-state index is 0.237. The summed E-state index contributed by atoms with van der Waals surface area (Å²) in [4.78, 5) is 24.7. The molecule has 0 aromatic carbocycles. The molecule has 4 nitrogen and oxygen atoms in total. The second kappa shape index (κ2) is 9.71. The lowest BCUT2D eigenvalue weighted by atomic mass is 9.94. The van der Waals surface area contributed by atoms with Crippen LogP contribution in [0.3, 0.4) is 0 Å². The van der Waals surface area contributed by atoms with Gasteiger partial charge >= 0.3 is 11.9 Å². The van der Waals surface area contributed by atoms with Gasteiger partial charge in [0.2, 0.25) is 0 Å². The maximum Gasteiger partial charge on any atom is 0.322 e. The quantitative estimate of drug-likeness (QED) is 0.426. The second-order valence-electron chi connectivity index (χ2n) is 7.50. The molecule has 0 saturated carbocycles. The lowest BCUT2D eigenvalue weighted by Gasteiger charge is -2.17. The number of ether oxygens (including phenoxy) is 2. The molecule has 0 aliphatic rings. The van der Waals surface area contributed by atoms with Crippen LogP contribution in [0.1, 0.15) is 13.8 Å². The highest BCUT2D eigenvalue weighted by Gasteiger charge is 2.34. The van der Waals surface area contributed by atoms with E-state index in [2.05, 4.69) is 62.2 Å². The van der Waals surface area contributed by atoms with Gasteiger partial charge in [0.15, 0.2) is 0 Å². The van der Waals surface area contributed by atoms with Gasteiger partial charge in [-0.1, -0.05) is 51.1 Å². The zero-order valence-electron chi connectivity index (χ0n) is 16.2. The maximum absolute atomic E-state index is 12.4. The largest absolute Gasteiger partial charge is 0.465 e. The number of hydrogen-bond acceptors (Lipinski definition) is 4. The SMILES string of the molecule is CCOC(=O)C(C#C[Si](C)(C)C)C(C#C[Si](C)(C)C)C(=O)OCC. The molecule has 134 valence electrons. The summed E-state index contributed by atoms with van der Waals surface area (Å²) in [6.07, 6.45) is 0. The first-order valence-electron chi connectivity index (χ1n) is 8.30. The van der Waals surface area contributed by atoms with Gasteiger partial charge in [-0.25, -0.2) is 0 Å². The van der Waals surface area contributed by atoms with Crippen LogP contribution < -0.4 is 0 Å². The van der Waals surface area contributed by atoms with Crippen LogP contribution in [0.5, 0.6) is 0 Å². The molecular formula is C18H30O4Si2. The Bertz CT molecular complexity index is 510. The monoisotopic (exact) mass is 366 g/mol. The van der Waals surface area contributed by atoms with Gasteiger partial charge in [-0.05, 0) is 13.8 Å². The summed E-state index contributed by atoms with van der Waals surface area (Å²) in [5.41, 5.74) is 6.32. The first-order valence-corrected chi connectivity index (χ1v) is 15.3. The van der Waals surface area contributed by atoms with Gasteiger partial charge in [0.25, 0.3) is 0 Å². The van der Waals surface area contributed by atoms with E-state index in [0.717, 1.165) is 0 Å². The highest BCUT2D eigenvalue weighted by atomic mass is 28.3. The second-order valence-corrected chi connectivity index (χ2v) is 17.0. The summed E-state index contributed by atoms with van der Waals surface area (Å²) in [6.45, 7) is 16.4. The molecule has 0 heterocycles. The summed E-state index contributed by atoms with van der Waals surface area (Å²) >= 11 is 0. The molecule has 0 radical (unpaired) electrons. The van der Waals surface area contributed by atoms with Crippen LogP contribution in [-0.2, 0) is 19.1 Å². The molecule has 0 N–H and O–H groups in total. The third-order valence-electron chi connectivity index (χ3n) is 2.62.